The summed E-state index contributed by atoms with van der Waals surface area (Å²) < 4.78 is 13.0. The molecule has 0 aromatic heterocycles. The molecule has 100 valence electrons. The second-order valence-corrected chi connectivity index (χ2v) is 5.51. The number of carbonyl (C=O) groups is 1. The number of carbonyl (C=O) groups excluding carboxylic acids is 1. The molecule has 0 fully saturated rings. The second-order valence-electron chi connectivity index (χ2n) is 3.98. The van der Waals surface area contributed by atoms with Crippen LogP contribution in [0, 0.1) is 5.82 Å². The lowest BCUT2D eigenvalue weighted by atomic mass is 10.0. The molecule has 0 bridgehead atoms. The molecule has 0 radical (unpaired) electrons. The van der Waals surface area contributed by atoms with Gasteiger partial charge in [0.25, 0.3) is 5.91 Å². The van der Waals surface area contributed by atoms with E-state index in [2.05, 4.69) is 37.2 Å². The van der Waals surface area contributed by atoms with E-state index in [-0.39, 0.29) is 16.5 Å². The van der Waals surface area contributed by atoms with Gasteiger partial charge in [0.1, 0.15) is 5.82 Å². The summed E-state index contributed by atoms with van der Waals surface area (Å²) in [6.07, 6.45) is 0.768. The van der Waals surface area contributed by atoms with Gasteiger partial charge in [0, 0.05) is 16.2 Å². The first-order chi connectivity index (χ1) is 8.48. The Hall–Kier alpha value is -0.130. The molecule has 0 atom stereocenters. The smallest absolute Gasteiger partial charge is 0.251 e. The molecule has 0 saturated carbocycles. The molecule has 0 aliphatic carbocycles. The zero-order chi connectivity index (χ0) is 13.8. The third kappa shape index (κ3) is 3.68. The molecule has 0 saturated heterocycles. The van der Waals surface area contributed by atoms with Gasteiger partial charge in [0.05, 0.1) is 10.6 Å². The maximum atomic E-state index is 13.0. The number of alkyl halides is 2. The fourth-order valence-corrected chi connectivity index (χ4v) is 3.51. The minimum absolute atomic E-state index is 0.0533. The second kappa shape index (κ2) is 6.87. The molecule has 0 spiro atoms. The van der Waals surface area contributed by atoms with Crippen molar-refractivity contribution >= 4 is 49.4 Å². The van der Waals surface area contributed by atoms with Crippen molar-refractivity contribution in [3.63, 3.8) is 0 Å². The maximum absolute atomic E-state index is 13.0. The summed E-state index contributed by atoms with van der Waals surface area (Å²) in [4.78, 5) is 12.1. The quantitative estimate of drug-likeness (QED) is 0.738. The summed E-state index contributed by atoms with van der Waals surface area (Å²) in [6, 6.07) is 3.93. The summed E-state index contributed by atoms with van der Waals surface area (Å²) >= 11 is 12.4. The fourth-order valence-electron chi connectivity index (χ4n) is 1.33. The van der Waals surface area contributed by atoms with Gasteiger partial charge in [0.2, 0.25) is 0 Å². The number of amides is 1. The molecule has 1 rings (SSSR count). The molecule has 1 amide bonds. The predicted molar refractivity (Wildman–Crippen MR) is 79.5 cm³/mol. The Morgan fingerprint density at radius 3 is 2.50 bits per heavy atom. The van der Waals surface area contributed by atoms with E-state index in [4.69, 9.17) is 11.6 Å². The summed E-state index contributed by atoms with van der Waals surface area (Å²) in [7, 11) is 0. The molecule has 0 heterocycles. The number of halogens is 4. The number of nitrogens with one attached hydrogen (secondary N) is 1. The normalized spacial score (nSPS) is 11.4. The van der Waals surface area contributed by atoms with Gasteiger partial charge < -0.3 is 5.32 Å². The summed E-state index contributed by atoms with van der Waals surface area (Å²) in [5, 5.41) is 4.13. The summed E-state index contributed by atoms with van der Waals surface area (Å²) in [5.41, 5.74) is -0.0149. The number of rotatable bonds is 5. The van der Waals surface area contributed by atoms with E-state index in [1.807, 2.05) is 6.92 Å². The van der Waals surface area contributed by atoms with Crippen LogP contribution in [0.5, 0.6) is 0 Å². The number of hydrogen-bond acceptors (Lipinski definition) is 1. The van der Waals surface area contributed by atoms with Crippen LogP contribution < -0.4 is 5.32 Å². The van der Waals surface area contributed by atoms with Crippen LogP contribution in [0.3, 0.4) is 0 Å². The molecule has 2 nitrogen and oxygen atoms in total. The maximum Gasteiger partial charge on any atom is 0.251 e. The van der Waals surface area contributed by atoms with Gasteiger partial charge in [0.15, 0.2) is 0 Å². The lowest BCUT2D eigenvalue weighted by Crippen LogP contribution is -2.51. The third-order valence-electron chi connectivity index (χ3n) is 2.75. The van der Waals surface area contributed by atoms with Crippen LogP contribution in [0.15, 0.2) is 18.2 Å². The highest BCUT2D eigenvalue weighted by Gasteiger charge is 2.28. The van der Waals surface area contributed by atoms with E-state index in [1.54, 1.807) is 0 Å². The van der Waals surface area contributed by atoms with Crippen molar-refractivity contribution in [3.8, 4) is 0 Å². The largest absolute Gasteiger partial charge is 0.345 e. The van der Waals surface area contributed by atoms with Crippen LogP contribution >= 0.6 is 43.5 Å². The first kappa shape index (κ1) is 15.9. The van der Waals surface area contributed by atoms with E-state index in [0.717, 1.165) is 6.42 Å². The molecule has 6 heteroatoms. The van der Waals surface area contributed by atoms with Crippen LogP contribution in [-0.4, -0.2) is 22.1 Å². The van der Waals surface area contributed by atoms with Gasteiger partial charge in [-0.15, -0.1) is 0 Å². The van der Waals surface area contributed by atoms with Crippen molar-refractivity contribution in [1.82, 2.24) is 5.32 Å². The zero-order valence-electron chi connectivity index (χ0n) is 9.77. The Balaban J connectivity index is 2.90. The van der Waals surface area contributed by atoms with Gasteiger partial charge in [-0.2, -0.15) is 0 Å². The Morgan fingerprint density at radius 2 is 2.06 bits per heavy atom. The highest BCUT2D eigenvalue weighted by Crippen LogP contribution is 2.20. The molecular formula is C12H13Br2ClFNO. The average Bonchev–Trinajstić information content (AvgIpc) is 2.39. The van der Waals surface area contributed by atoms with E-state index >= 15 is 0 Å². The standard InChI is InChI=1S/C12H13Br2ClFNO/c1-2-12(6-13,7-14)17-11(18)8-3-4-10(16)9(15)5-8/h3-5H,2,6-7H2,1H3,(H,17,18). The Morgan fingerprint density at radius 1 is 1.44 bits per heavy atom. The van der Waals surface area contributed by atoms with Gasteiger partial charge in [-0.1, -0.05) is 50.4 Å². The molecule has 1 aromatic rings. The minimum Gasteiger partial charge on any atom is -0.345 e. The van der Waals surface area contributed by atoms with Gasteiger partial charge in [-0.25, -0.2) is 4.39 Å². The van der Waals surface area contributed by atoms with Crippen LogP contribution in [0.2, 0.25) is 5.02 Å². The Bertz CT molecular complexity index is 430. The van der Waals surface area contributed by atoms with Crippen molar-refractivity contribution in [2.45, 2.75) is 18.9 Å². The van der Waals surface area contributed by atoms with Crippen molar-refractivity contribution < 1.29 is 9.18 Å². The highest BCUT2D eigenvalue weighted by molar-refractivity contribution is 9.09. The number of hydrogen-bond donors (Lipinski definition) is 1. The Kier molecular flexibility index (Phi) is 6.08. The SMILES string of the molecule is CCC(CBr)(CBr)NC(=O)c1ccc(F)c(Cl)c1. The van der Waals surface area contributed by atoms with Crippen LogP contribution in [0.1, 0.15) is 23.7 Å². The fraction of sp³-hybridized carbons (Fsp3) is 0.417. The molecule has 1 N–H and O–H groups in total. The highest BCUT2D eigenvalue weighted by atomic mass is 79.9. The van der Waals surface area contributed by atoms with Crippen LogP contribution in [0.25, 0.3) is 0 Å². The van der Waals surface area contributed by atoms with Crippen LogP contribution in [-0.2, 0) is 0 Å². The first-order valence-electron chi connectivity index (χ1n) is 5.37. The van der Waals surface area contributed by atoms with Crippen molar-refractivity contribution in [3.05, 3.63) is 34.6 Å². The summed E-state index contributed by atoms with van der Waals surface area (Å²) in [6.45, 7) is 1.99. The molecular weight excluding hydrogens is 388 g/mol. The first-order valence-corrected chi connectivity index (χ1v) is 7.99. The van der Waals surface area contributed by atoms with Crippen LogP contribution in [0.4, 0.5) is 4.39 Å². The van der Waals surface area contributed by atoms with Crippen molar-refractivity contribution in [1.29, 1.82) is 0 Å². The molecule has 0 aliphatic heterocycles. The topological polar surface area (TPSA) is 29.1 Å². The van der Waals surface area contributed by atoms with Crippen molar-refractivity contribution in [2.75, 3.05) is 10.7 Å². The van der Waals surface area contributed by atoms with E-state index < -0.39 is 5.82 Å². The molecule has 0 unspecified atom stereocenters. The zero-order valence-corrected chi connectivity index (χ0v) is 13.7. The van der Waals surface area contributed by atoms with E-state index in [9.17, 15) is 9.18 Å². The average molecular weight is 402 g/mol. The van der Waals surface area contributed by atoms with E-state index in [0.29, 0.717) is 16.2 Å². The predicted octanol–water partition coefficient (Wildman–Crippen LogP) is 4.15. The van der Waals surface area contributed by atoms with Gasteiger partial charge in [-0.3, -0.25) is 4.79 Å². The molecule has 0 aliphatic rings. The van der Waals surface area contributed by atoms with Crippen molar-refractivity contribution in [2.24, 2.45) is 0 Å². The number of benzene rings is 1. The lowest BCUT2D eigenvalue weighted by molar-refractivity contribution is 0.0915. The minimum atomic E-state index is -0.532. The van der Waals surface area contributed by atoms with Gasteiger partial charge >= 0.3 is 0 Å². The van der Waals surface area contributed by atoms with Gasteiger partial charge in [-0.05, 0) is 24.6 Å². The Labute approximate surface area is 128 Å². The molecule has 1 aromatic carbocycles. The van der Waals surface area contributed by atoms with E-state index in [1.165, 1.54) is 18.2 Å². The molecule has 18 heavy (non-hydrogen) atoms. The summed E-state index contributed by atoms with van der Waals surface area (Å²) in [5.74, 6) is -0.798. The lowest BCUT2D eigenvalue weighted by Gasteiger charge is -2.30. The third-order valence-corrected chi connectivity index (χ3v) is 5.19. The monoisotopic (exact) mass is 399 g/mol.